The minimum absolute atomic E-state index is 0.239. The van der Waals surface area contributed by atoms with Crippen LogP contribution in [0.4, 0.5) is 0 Å². The number of nitrogens with zero attached hydrogens (tertiary/aromatic N) is 1. The molecule has 0 aliphatic heterocycles. The number of carbonyl (C=O) groups is 1. The van der Waals surface area contributed by atoms with Crippen LogP contribution < -0.4 is 0 Å². The van der Waals surface area contributed by atoms with E-state index >= 15 is 0 Å². The van der Waals surface area contributed by atoms with Gasteiger partial charge in [-0.05, 0) is 37.0 Å². The number of ether oxygens (including phenoxy) is 1. The van der Waals surface area contributed by atoms with Crippen LogP contribution in [0.1, 0.15) is 39.2 Å². The minimum atomic E-state index is -0.669. The summed E-state index contributed by atoms with van der Waals surface area (Å²) >= 11 is 3.37. The normalized spacial score (nSPS) is 13.6. The van der Waals surface area contributed by atoms with Gasteiger partial charge in [0.1, 0.15) is 0 Å². The molecule has 0 bridgehead atoms. The van der Waals surface area contributed by atoms with Crippen LogP contribution in [0.3, 0.4) is 0 Å². The first kappa shape index (κ1) is 16.7. The second-order valence-corrected chi connectivity index (χ2v) is 6.44. The molecule has 0 unspecified atom stereocenters. The Morgan fingerprint density at radius 1 is 1.40 bits per heavy atom. The van der Waals surface area contributed by atoms with Crippen molar-refractivity contribution in [1.82, 2.24) is 0 Å². The SMILES string of the molecule is CC(C)COC(=O)CC[C@](C)(C#N)c1ccc(Br)cc1. The van der Waals surface area contributed by atoms with E-state index in [0.717, 1.165) is 10.0 Å². The number of carbonyl (C=O) groups excluding carboxylic acids is 1. The number of hydrogen-bond acceptors (Lipinski definition) is 3. The van der Waals surface area contributed by atoms with Gasteiger partial charge in [0.05, 0.1) is 18.1 Å². The minimum Gasteiger partial charge on any atom is -0.465 e. The van der Waals surface area contributed by atoms with Crippen molar-refractivity contribution in [3.05, 3.63) is 34.3 Å². The summed E-state index contributed by atoms with van der Waals surface area (Å²) in [6.07, 6.45) is 0.717. The summed E-state index contributed by atoms with van der Waals surface area (Å²) in [7, 11) is 0. The maximum Gasteiger partial charge on any atom is 0.305 e. The van der Waals surface area contributed by atoms with Gasteiger partial charge in [-0.1, -0.05) is 41.9 Å². The van der Waals surface area contributed by atoms with Gasteiger partial charge in [-0.15, -0.1) is 0 Å². The van der Waals surface area contributed by atoms with Gasteiger partial charge in [0, 0.05) is 10.9 Å². The van der Waals surface area contributed by atoms with Gasteiger partial charge in [-0.2, -0.15) is 5.26 Å². The van der Waals surface area contributed by atoms with E-state index in [1.807, 2.05) is 45.0 Å². The highest BCUT2D eigenvalue weighted by Crippen LogP contribution is 2.29. The van der Waals surface area contributed by atoms with Crippen LogP contribution in [0.15, 0.2) is 28.7 Å². The summed E-state index contributed by atoms with van der Waals surface area (Å²) in [6, 6.07) is 9.94. The molecule has 0 saturated heterocycles. The van der Waals surface area contributed by atoms with Crippen molar-refractivity contribution >= 4 is 21.9 Å². The zero-order valence-electron chi connectivity index (χ0n) is 12.1. The summed E-state index contributed by atoms with van der Waals surface area (Å²) in [5, 5.41) is 9.43. The molecular formula is C16H20BrNO2. The van der Waals surface area contributed by atoms with Crippen molar-refractivity contribution in [2.24, 2.45) is 5.92 Å². The number of nitriles is 1. The zero-order valence-corrected chi connectivity index (χ0v) is 13.7. The molecule has 1 aromatic rings. The molecule has 3 nitrogen and oxygen atoms in total. The standard InChI is InChI=1S/C16H20BrNO2/c1-12(2)10-20-15(19)8-9-16(3,11-18)13-4-6-14(17)7-5-13/h4-7,12H,8-10H2,1-3H3/t16-/m1/s1. The number of rotatable bonds is 6. The quantitative estimate of drug-likeness (QED) is 0.730. The summed E-state index contributed by atoms with van der Waals surface area (Å²) < 4.78 is 6.11. The average Bonchev–Trinajstić information content (AvgIpc) is 2.43. The van der Waals surface area contributed by atoms with E-state index in [0.29, 0.717) is 18.9 Å². The van der Waals surface area contributed by atoms with E-state index in [1.54, 1.807) is 0 Å². The Bertz CT molecular complexity index is 490. The summed E-state index contributed by atoms with van der Waals surface area (Å²) in [5.41, 5.74) is 0.247. The van der Waals surface area contributed by atoms with Crippen LogP contribution in [0.5, 0.6) is 0 Å². The summed E-state index contributed by atoms with van der Waals surface area (Å²) in [5.74, 6) is 0.0880. The van der Waals surface area contributed by atoms with Gasteiger partial charge in [0.25, 0.3) is 0 Å². The first-order chi connectivity index (χ1) is 9.37. The molecular weight excluding hydrogens is 318 g/mol. The molecule has 0 radical (unpaired) electrons. The summed E-state index contributed by atoms with van der Waals surface area (Å²) in [6.45, 7) is 6.27. The van der Waals surface area contributed by atoms with Crippen LogP contribution in [-0.4, -0.2) is 12.6 Å². The Labute approximate surface area is 129 Å². The van der Waals surface area contributed by atoms with Crippen LogP contribution in [0.25, 0.3) is 0 Å². The Morgan fingerprint density at radius 3 is 2.50 bits per heavy atom. The van der Waals surface area contributed by atoms with E-state index in [1.165, 1.54) is 0 Å². The van der Waals surface area contributed by atoms with Crippen LogP contribution in [-0.2, 0) is 14.9 Å². The van der Waals surface area contributed by atoms with Crippen molar-refractivity contribution in [3.8, 4) is 6.07 Å². The largest absolute Gasteiger partial charge is 0.465 e. The Balaban J connectivity index is 2.64. The molecule has 1 aromatic carbocycles. The zero-order chi connectivity index (χ0) is 15.2. The topological polar surface area (TPSA) is 50.1 Å². The molecule has 0 N–H and O–H groups in total. The average molecular weight is 338 g/mol. The Morgan fingerprint density at radius 2 is 2.00 bits per heavy atom. The first-order valence-corrected chi connectivity index (χ1v) is 7.49. The third-order valence-electron chi connectivity index (χ3n) is 3.13. The molecule has 4 heteroatoms. The molecule has 0 fully saturated rings. The van der Waals surface area contributed by atoms with Crippen molar-refractivity contribution in [3.63, 3.8) is 0 Å². The molecule has 1 rings (SSSR count). The smallest absolute Gasteiger partial charge is 0.305 e. The second-order valence-electron chi connectivity index (χ2n) is 5.53. The molecule has 0 aromatic heterocycles. The number of halogens is 1. The van der Waals surface area contributed by atoms with E-state index in [9.17, 15) is 10.1 Å². The lowest BCUT2D eigenvalue weighted by Gasteiger charge is -2.21. The molecule has 0 aliphatic rings. The lowest BCUT2D eigenvalue weighted by molar-refractivity contribution is -0.145. The van der Waals surface area contributed by atoms with E-state index in [2.05, 4.69) is 22.0 Å². The van der Waals surface area contributed by atoms with Gasteiger partial charge in [-0.3, -0.25) is 4.79 Å². The van der Waals surface area contributed by atoms with E-state index < -0.39 is 5.41 Å². The van der Waals surface area contributed by atoms with Crippen LogP contribution in [0.2, 0.25) is 0 Å². The van der Waals surface area contributed by atoms with Crippen molar-refractivity contribution in [2.75, 3.05) is 6.61 Å². The Kier molecular flexibility index (Phi) is 6.22. The highest BCUT2D eigenvalue weighted by molar-refractivity contribution is 9.10. The molecule has 0 saturated carbocycles. The first-order valence-electron chi connectivity index (χ1n) is 6.70. The third-order valence-corrected chi connectivity index (χ3v) is 3.66. The molecule has 20 heavy (non-hydrogen) atoms. The fraction of sp³-hybridized carbons (Fsp3) is 0.500. The molecule has 1 atom stereocenters. The molecule has 108 valence electrons. The van der Waals surface area contributed by atoms with Gasteiger partial charge >= 0.3 is 5.97 Å². The predicted octanol–water partition coefficient (Wildman–Crippen LogP) is 4.21. The highest BCUT2D eigenvalue weighted by atomic mass is 79.9. The lowest BCUT2D eigenvalue weighted by Crippen LogP contribution is -2.22. The Hall–Kier alpha value is -1.34. The van der Waals surface area contributed by atoms with E-state index in [4.69, 9.17) is 4.74 Å². The fourth-order valence-corrected chi connectivity index (χ4v) is 2.03. The maximum absolute atomic E-state index is 11.7. The van der Waals surface area contributed by atoms with Gasteiger partial charge < -0.3 is 4.74 Å². The van der Waals surface area contributed by atoms with Gasteiger partial charge in [-0.25, -0.2) is 0 Å². The number of benzene rings is 1. The molecule has 0 heterocycles. The van der Waals surface area contributed by atoms with Crippen LogP contribution in [0, 0.1) is 17.2 Å². The number of hydrogen-bond donors (Lipinski definition) is 0. The molecule has 0 spiro atoms. The molecule has 0 amide bonds. The van der Waals surface area contributed by atoms with Gasteiger partial charge in [0.15, 0.2) is 0 Å². The van der Waals surface area contributed by atoms with Gasteiger partial charge in [0.2, 0.25) is 0 Å². The monoisotopic (exact) mass is 337 g/mol. The fourth-order valence-electron chi connectivity index (χ4n) is 1.77. The van der Waals surface area contributed by atoms with Crippen LogP contribution >= 0.6 is 15.9 Å². The van der Waals surface area contributed by atoms with Crippen molar-refractivity contribution < 1.29 is 9.53 Å². The predicted molar refractivity (Wildman–Crippen MR) is 82.1 cm³/mol. The van der Waals surface area contributed by atoms with E-state index in [-0.39, 0.29) is 12.4 Å². The number of esters is 1. The van der Waals surface area contributed by atoms with Crippen molar-refractivity contribution in [2.45, 2.75) is 39.0 Å². The maximum atomic E-state index is 11.7. The highest BCUT2D eigenvalue weighted by Gasteiger charge is 2.27. The third kappa shape index (κ3) is 4.97. The van der Waals surface area contributed by atoms with Crippen molar-refractivity contribution in [1.29, 1.82) is 5.26 Å². The second kappa shape index (κ2) is 7.44. The lowest BCUT2D eigenvalue weighted by atomic mass is 9.80. The molecule has 0 aliphatic carbocycles. The summed E-state index contributed by atoms with van der Waals surface area (Å²) in [4.78, 5) is 11.7.